The zero-order chi connectivity index (χ0) is 20.5. The number of hydrogen-bond donors (Lipinski definition) is 0. The minimum atomic E-state index is -0.739. The summed E-state index contributed by atoms with van der Waals surface area (Å²) < 4.78 is 7.88. The van der Waals surface area contributed by atoms with Gasteiger partial charge in [-0.2, -0.15) is 0 Å². The number of pyridine rings is 1. The topological polar surface area (TPSA) is 76.8 Å². The maximum absolute atomic E-state index is 12.1. The molecule has 160 valence electrons. The van der Waals surface area contributed by atoms with Crippen molar-refractivity contribution in [1.29, 1.82) is 0 Å². The van der Waals surface area contributed by atoms with Gasteiger partial charge in [-0.1, -0.05) is 6.07 Å². The smallest absolute Gasteiger partial charge is 0.363 e. The van der Waals surface area contributed by atoms with Crippen LogP contribution in [0.5, 0.6) is 5.75 Å². The number of nitrogens with zero attached hydrogens (tertiary/aromatic N) is 2. The summed E-state index contributed by atoms with van der Waals surface area (Å²) in [5.74, 6) is -1.07. The van der Waals surface area contributed by atoms with E-state index in [2.05, 4.69) is 17.0 Å². The van der Waals surface area contributed by atoms with Crippen LogP contribution in [0.2, 0.25) is 0 Å². The summed E-state index contributed by atoms with van der Waals surface area (Å²) >= 11 is 0. The van der Waals surface area contributed by atoms with Crippen molar-refractivity contribution >= 4 is 17.8 Å². The zero-order valence-corrected chi connectivity index (χ0v) is 18.3. The van der Waals surface area contributed by atoms with Crippen LogP contribution in [-0.2, 0) is 21.0 Å². The molecule has 0 bridgehead atoms. The van der Waals surface area contributed by atoms with E-state index < -0.39 is 17.8 Å². The van der Waals surface area contributed by atoms with Crippen LogP contribution in [0.25, 0.3) is 0 Å². The van der Waals surface area contributed by atoms with Crippen molar-refractivity contribution in [1.82, 2.24) is 5.06 Å². The van der Waals surface area contributed by atoms with Crippen LogP contribution in [0.15, 0.2) is 54.9 Å². The summed E-state index contributed by atoms with van der Waals surface area (Å²) in [6, 6.07) is 12.5. The molecule has 0 spiro atoms. The van der Waals surface area contributed by atoms with E-state index >= 15 is 0 Å². The Kier molecular flexibility index (Phi) is 9.47. The molecule has 30 heavy (non-hydrogen) atoms. The SMILES string of the molecule is O=C(ON1C(=O)CCC1=O)c1ccc(OCCCCCC[n+]2ccccc2)cc1.[Br-]. The van der Waals surface area contributed by atoms with Crippen molar-refractivity contribution in [3.8, 4) is 5.75 Å². The fourth-order valence-electron chi connectivity index (χ4n) is 3.00. The number of imide groups is 1. The second kappa shape index (κ2) is 12.1. The second-order valence-corrected chi connectivity index (χ2v) is 6.86. The molecule has 0 saturated carbocycles. The van der Waals surface area contributed by atoms with Gasteiger partial charge in [0.25, 0.3) is 11.8 Å². The van der Waals surface area contributed by atoms with E-state index in [-0.39, 0.29) is 35.4 Å². The summed E-state index contributed by atoms with van der Waals surface area (Å²) in [4.78, 5) is 39.9. The summed E-state index contributed by atoms with van der Waals surface area (Å²) in [5.41, 5.74) is 0.253. The van der Waals surface area contributed by atoms with Crippen LogP contribution in [0, 0.1) is 0 Å². The molecule has 0 aliphatic carbocycles. The average Bonchev–Trinajstić information content (AvgIpc) is 3.06. The van der Waals surface area contributed by atoms with Crippen molar-refractivity contribution in [2.45, 2.75) is 45.1 Å². The lowest BCUT2D eigenvalue weighted by molar-refractivity contribution is -0.697. The lowest BCUT2D eigenvalue weighted by Crippen LogP contribution is -3.00. The van der Waals surface area contributed by atoms with Gasteiger partial charge in [0.15, 0.2) is 12.4 Å². The van der Waals surface area contributed by atoms with E-state index in [4.69, 9.17) is 9.57 Å². The number of hydrogen-bond acceptors (Lipinski definition) is 5. The number of carbonyl (C=O) groups is 3. The van der Waals surface area contributed by atoms with Gasteiger partial charge in [0.05, 0.1) is 12.2 Å². The van der Waals surface area contributed by atoms with Gasteiger partial charge in [0, 0.05) is 31.4 Å². The summed E-state index contributed by atoms with van der Waals surface area (Å²) in [5, 5.41) is 0.545. The Morgan fingerprint density at radius 2 is 1.53 bits per heavy atom. The first kappa shape index (κ1) is 23.5. The highest BCUT2D eigenvalue weighted by Gasteiger charge is 2.33. The van der Waals surface area contributed by atoms with Gasteiger partial charge in [-0.15, -0.1) is 5.06 Å². The maximum Gasteiger partial charge on any atom is 0.363 e. The van der Waals surface area contributed by atoms with Crippen LogP contribution in [0.4, 0.5) is 0 Å². The highest BCUT2D eigenvalue weighted by molar-refractivity contribution is 6.02. The van der Waals surface area contributed by atoms with Crippen molar-refractivity contribution in [2.75, 3.05) is 6.61 Å². The van der Waals surface area contributed by atoms with E-state index in [9.17, 15) is 14.4 Å². The van der Waals surface area contributed by atoms with E-state index in [1.165, 1.54) is 0 Å². The fourth-order valence-corrected chi connectivity index (χ4v) is 3.00. The number of ether oxygens (including phenoxy) is 1. The molecular formula is C22H25BrN2O5. The van der Waals surface area contributed by atoms with Gasteiger partial charge >= 0.3 is 5.97 Å². The Bertz CT molecular complexity index is 826. The molecule has 0 N–H and O–H groups in total. The number of benzene rings is 1. The lowest BCUT2D eigenvalue weighted by Gasteiger charge is -2.12. The Morgan fingerprint density at radius 3 is 2.20 bits per heavy atom. The van der Waals surface area contributed by atoms with Crippen molar-refractivity contribution in [2.24, 2.45) is 0 Å². The van der Waals surface area contributed by atoms with E-state index in [0.29, 0.717) is 17.4 Å². The third kappa shape index (κ3) is 6.95. The normalized spacial score (nSPS) is 13.1. The molecule has 1 aliphatic heterocycles. The third-order valence-electron chi connectivity index (χ3n) is 4.63. The molecule has 1 aromatic heterocycles. The standard InChI is InChI=1S/C22H25N2O5.BrH/c25-20-12-13-21(26)24(20)29-22(27)18-8-10-19(11-9-18)28-17-7-2-1-4-14-23-15-5-3-6-16-23;/h3,5-6,8-11,15-16H,1-2,4,7,12-14,17H2;1H/q+1;/p-1. The van der Waals surface area contributed by atoms with Crippen molar-refractivity contribution in [3.63, 3.8) is 0 Å². The minimum absolute atomic E-state index is 0. The molecule has 2 heterocycles. The molecule has 2 amide bonds. The molecule has 1 aromatic carbocycles. The predicted octanol–water partition coefficient (Wildman–Crippen LogP) is -0.162. The average molecular weight is 477 g/mol. The fraction of sp³-hybridized carbons (Fsp3) is 0.364. The number of hydroxylamine groups is 2. The molecule has 1 aliphatic rings. The summed E-state index contributed by atoms with van der Waals surface area (Å²) in [7, 11) is 0. The van der Waals surface area contributed by atoms with Gasteiger partial charge in [0.1, 0.15) is 12.3 Å². The predicted molar refractivity (Wildman–Crippen MR) is 104 cm³/mol. The minimum Gasteiger partial charge on any atom is -1.00 e. The number of halogens is 1. The van der Waals surface area contributed by atoms with Crippen molar-refractivity contribution < 1.29 is 45.5 Å². The Morgan fingerprint density at radius 1 is 0.900 bits per heavy atom. The number of aryl methyl sites for hydroxylation is 1. The first-order valence-corrected chi connectivity index (χ1v) is 9.88. The van der Waals surface area contributed by atoms with Crippen LogP contribution >= 0.6 is 0 Å². The van der Waals surface area contributed by atoms with Gasteiger partial charge in [-0.3, -0.25) is 9.59 Å². The van der Waals surface area contributed by atoms with Crippen LogP contribution < -0.4 is 26.3 Å². The Hall–Kier alpha value is -2.74. The van der Waals surface area contributed by atoms with Crippen LogP contribution in [0.1, 0.15) is 48.9 Å². The van der Waals surface area contributed by atoms with Gasteiger partial charge in [-0.05, 0) is 43.5 Å². The molecule has 3 rings (SSSR count). The molecular weight excluding hydrogens is 452 g/mol. The maximum atomic E-state index is 12.1. The molecule has 1 saturated heterocycles. The van der Waals surface area contributed by atoms with Crippen LogP contribution in [0.3, 0.4) is 0 Å². The molecule has 0 unspecified atom stereocenters. The highest BCUT2D eigenvalue weighted by Crippen LogP contribution is 2.17. The molecule has 7 nitrogen and oxygen atoms in total. The lowest BCUT2D eigenvalue weighted by atomic mass is 10.2. The number of rotatable bonds is 10. The largest absolute Gasteiger partial charge is 1.00 e. The summed E-state index contributed by atoms with van der Waals surface area (Å²) in [6.07, 6.45) is 8.62. The quantitative estimate of drug-likeness (QED) is 0.270. The molecule has 0 radical (unpaired) electrons. The van der Waals surface area contributed by atoms with Gasteiger partial charge < -0.3 is 26.6 Å². The first-order valence-electron chi connectivity index (χ1n) is 9.88. The van der Waals surface area contributed by atoms with Gasteiger partial charge in [-0.25, -0.2) is 9.36 Å². The van der Waals surface area contributed by atoms with Crippen molar-refractivity contribution in [3.05, 3.63) is 60.4 Å². The number of aromatic nitrogens is 1. The number of carbonyl (C=O) groups excluding carboxylic acids is 3. The number of amides is 2. The number of unbranched alkanes of at least 4 members (excludes halogenated alkanes) is 3. The summed E-state index contributed by atoms with van der Waals surface area (Å²) in [6.45, 7) is 1.63. The molecule has 8 heteroatoms. The van der Waals surface area contributed by atoms with Crippen LogP contribution in [-0.4, -0.2) is 29.5 Å². The van der Waals surface area contributed by atoms with E-state index in [0.717, 1.165) is 32.2 Å². The zero-order valence-electron chi connectivity index (χ0n) is 16.7. The molecule has 1 fully saturated rings. The Balaban J connectivity index is 0.00000320. The highest BCUT2D eigenvalue weighted by atomic mass is 79.9. The molecule has 0 atom stereocenters. The van der Waals surface area contributed by atoms with Gasteiger partial charge in [0.2, 0.25) is 0 Å². The molecule has 2 aromatic rings. The first-order chi connectivity index (χ1) is 14.1. The van der Waals surface area contributed by atoms with E-state index in [1.54, 1.807) is 24.3 Å². The van der Waals surface area contributed by atoms with E-state index in [1.807, 2.05) is 18.2 Å². The monoisotopic (exact) mass is 476 g/mol. The second-order valence-electron chi connectivity index (χ2n) is 6.86. The Labute approximate surface area is 186 Å². The third-order valence-corrected chi connectivity index (χ3v) is 4.63.